The number of nitrogens with zero attached hydrogens (tertiary/aromatic N) is 1. The Morgan fingerprint density at radius 3 is 2.46 bits per heavy atom. The highest BCUT2D eigenvalue weighted by molar-refractivity contribution is 6.42. The van der Waals surface area contributed by atoms with Crippen LogP contribution >= 0.6 is 23.2 Å². The molecule has 0 unspecified atom stereocenters. The van der Waals surface area contributed by atoms with Gasteiger partial charge in [0.25, 0.3) is 11.8 Å². The quantitative estimate of drug-likeness (QED) is 0.760. The molecule has 1 heterocycles. The molecule has 0 aromatic heterocycles. The maximum absolute atomic E-state index is 12.1. The second kappa shape index (κ2) is 9.21. The number of carbonyl (C=O) groups excluding carboxylic acids is 3. The van der Waals surface area contributed by atoms with Gasteiger partial charge in [-0.25, -0.2) is 0 Å². The molecule has 2 amide bonds. The molecule has 1 aliphatic rings. The molecule has 1 aliphatic heterocycles. The third-order valence-electron chi connectivity index (χ3n) is 3.70. The highest BCUT2D eigenvalue weighted by Crippen LogP contribution is 2.22. The van der Waals surface area contributed by atoms with Gasteiger partial charge in [-0.1, -0.05) is 23.2 Å². The summed E-state index contributed by atoms with van der Waals surface area (Å²) in [6.07, 6.45) is -0.132. The van der Waals surface area contributed by atoms with Gasteiger partial charge in [-0.05, 0) is 32.0 Å². The molecule has 0 radical (unpaired) electrons. The summed E-state index contributed by atoms with van der Waals surface area (Å²) in [7, 11) is 0. The van der Waals surface area contributed by atoms with Crippen LogP contribution in [0.4, 0.5) is 0 Å². The summed E-state index contributed by atoms with van der Waals surface area (Å²) in [4.78, 5) is 37.4. The van der Waals surface area contributed by atoms with Gasteiger partial charge >= 0.3 is 5.97 Å². The molecule has 0 bridgehead atoms. The van der Waals surface area contributed by atoms with Crippen LogP contribution in [0.1, 0.15) is 24.2 Å². The number of rotatable bonds is 5. The molecule has 1 saturated heterocycles. The number of morpholine rings is 1. The van der Waals surface area contributed by atoms with Gasteiger partial charge in [-0.2, -0.15) is 0 Å². The number of halogens is 2. The minimum Gasteiger partial charge on any atom is -0.454 e. The Balaban J connectivity index is 1.75. The van der Waals surface area contributed by atoms with E-state index >= 15 is 0 Å². The third-order valence-corrected chi connectivity index (χ3v) is 4.44. The van der Waals surface area contributed by atoms with E-state index in [1.807, 2.05) is 13.8 Å². The third kappa shape index (κ3) is 5.86. The van der Waals surface area contributed by atoms with Crippen molar-refractivity contribution >= 4 is 41.0 Å². The standard InChI is InChI=1S/C17H20Cl2N2O5/c1-10-7-21(8-11(2)26-10)15(22)9-25-16(23)6-20-17(24)12-3-4-13(18)14(19)5-12/h3-5,10-11H,6-9H2,1-2H3,(H,20,24)/t10-,11+. The van der Waals surface area contributed by atoms with E-state index in [1.54, 1.807) is 4.90 Å². The molecule has 0 aliphatic carbocycles. The number of nitrogens with one attached hydrogen (secondary N) is 1. The van der Waals surface area contributed by atoms with Crippen LogP contribution in [0, 0.1) is 0 Å². The monoisotopic (exact) mass is 402 g/mol. The highest BCUT2D eigenvalue weighted by Gasteiger charge is 2.26. The van der Waals surface area contributed by atoms with Crippen LogP contribution < -0.4 is 5.32 Å². The average Bonchev–Trinajstić information content (AvgIpc) is 2.59. The number of hydrogen-bond donors (Lipinski definition) is 1. The maximum atomic E-state index is 12.1. The largest absolute Gasteiger partial charge is 0.454 e. The zero-order valence-corrected chi connectivity index (χ0v) is 16.0. The summed E-state index contributed by atoms with van der Waals surface area (Å²) >= 11 is 11.6. The van der Waals surface area contributed by atoms with Crippen LogP contribution in [0.3, 0.4) is 0 Å². The van der Waals surface area contributed by atoms with Crippen molar-refractivity contribution in [3.05, 3.63) is 33.8 Å². The summed E-state index contributed by atoms with van der Waals surface area (Å²) in [5.74, 6) is -1.50. The molecule has 2 rings (SSSR count). The number of amides is 2. The minimum absolute atomic E-state index is 0.0658. The lowest BCUT2D eigenvalue weighted by molar-refractivity contribution is -0.156. The van der Waals surface area contributed by atoms with Gasteiger partial charge in [0.15, 0.2) is 6.61 Å². The molecule has 26 heavy (non-hydrogen) atoms. The lowest BCUT2D eigenvalue weighted by atomic mass is 10.2. The van der Waals surface area contributed by atoms with Crippen LogP contribution in [0.15, 0.2) is 18.2 Å². The van der Waals surface area contributed by atoms with E-state index in [9.17, 15) is 14.4 Å². The summed E-state index contributed by atoms with van der Waals surface area (Å²) in [5.41, 5.74) is 0.263. The summed E-state index contributed by atoms with van der Waals surface area (Å²) < 4.78 is 10.5. The Morgan fingerprint density at radius 1 is 1.19 bits per heavy atom. The van der Waals surface area contributed by atoms with Crippen molar-refractivity contribution in [2.45, 2.75) is 26.1 Å². The second-order valence-electron chi connectivity index (χ2n) is 6.03. The van der Waals surface area contributed by atoms with E-state index in [4.69, 9.17) is 32.7 Å². The Kier molecular flexibility index (Phi) is 7.25. The predicted molar refractivity (Wildman–Crippen MR) is 96.3 cm³/mol. The van der Waals surface area contributed by atoms with Gasteiger partial charge in [-0.15, -0.1) is 0 Å². The van der Waals surface area contributed by atoms with Crippen LogP contribution in [0.2, 0.25) is 10.0 Å². The van der Waals surface area contributed by atoms with Gasteiger partial charge in [-0.3, -0.25) is 14.4 Å². The molecule has 142 valence electrons. The molecule has 2 atom stereocenters. The summed E-state index contributed by atoms with van der Waals surface area (Å²) in [6, 6.07) is 4.37. The first-order valence-electron chi connectivity index (χ1n) is 8.08. The fraction of sp³-hybridized carbons (Fsp3) is 0.471. The zero-order chi connectivity index (χ0) is 19.3. The lowest BCUT2D eigenvalue weighted by Crippen LogP contribution is -2.49. The van der Waals surface area contributed by atoms with Gasteiger partial charge in [0.2, 0.25) is 0 Å². The van der Waals surface area contributed by atoms with Gasteiger partial charge in [0.1, 0.15) is 6.54 Å². The number of esters is 1. The van der Waals surface area contributed by atoms with Gasteiger partial charge < -0.3 is 19.7 Å². The second-order valence-corrected chi connectivity index (χ2v) is 6.84. The van der Waals surface area contributed by atoms with Crippen molar-refractivity contribution in [3.63, 3.8) is 0 Å². The average molecular weight is 403 g/mol. The molecule has 0 spiro atoms. The molecule has 9 heteroatoms. The Hall–Kier alpha value is -1.83. The number of carbonyl (C=O) groups is 3. The lowest BCUT2D eigenvalue weighted by Gasteiger charge is -2.35. The van der Waals surface area contributed by atoms with Gasteiger partial charge in [0.05, 0.1) is 22.3 Å². The van der Waals surface area contributed by atoms with Crippen molar-refractivity contribution < 1.29 is 23.9 Å². The van der Waals surface area contributed by atoms with E-state index in [-0.39, 0.29) is 41.9 Å². The fourth-order valence-corrected chi connectivity index (χ4v) is 2.86. The van der Waals surface area contributed by atoms with E-state index in [0.29, 0.717) is 18.1 Å². The first-order chi connectivity index (χ1) is 12.3. The SMILES string of the molecule is C[C@@H]1CN(C(=O)COC(=O)CNC(=O)c2ccc(Cl)c(Cl)c2)C[C@H](C)O1. The fourth-order valence-electron chi connectivity index (χ4n) is 2.56. The van der Waals surface area contributed by atoms with Crippen LogP contribution in [0.5, 0.6) is 0 Å². The normalized spacial score (nSPS) is 19.8. The Labute approximate surface area is 161 Å². The number of hydrogen-bond acceptors (Lipinski definition) is 5. The zero-order valence-electron chi connectivity index (χ0n) is 14.5. The van der Waals surface area contributed by atoms with E-state index < -0.39 is 11.9 Å². The van der Waals surface area contributed by atoms with E-state index in [1.165, 1.54) is 18.2 Å². The van der Waals surface area contributed by atoms with Crippen molar-refractivity contribution in [2.75, 3.05) is 26.2 Å². The van der Waals surface area contributed by atoms with E-state index in [2.05, 4.69) is 5.32 Å². The maximum Gasteiger partial charge on any atom is 0.325 e. The molecule has 1 fully saturated rings. The first-order valence-corrected chi connectivity index (χ1v) is 8.84. The van der Waals surface area contributed by atoms with Crippen molar-refractivity contribution in [3.8, 4) is 0 Å². The summed E-state index contributed by atoms with van der Waals surface area (Å²) in [5, 5.41) is 2.97. The highest BCUT2D eigenvalue weighted by atomic mass is 35.5. The van der Waals surface area contributed by atoms with Crippen molar-refractivity contribution in [1.29, 1.82) is 0 Å². The minimum atomic E-state index is -0.707. The van der Waals surface area contributed by atoms with Crippen molar-refractivity contribution in [1.82, 2.24) is 10.2 Å². The topological polar surface area (TPSA) is 84.9 Å². The Morgan fingerprint density at radius 2 is 1.85 bits per heavy atom. The molecular weight excluding hydrogens is 383 g/mol. The van der Waals surface area contributed by atoms with Crippen molar-refractivity contribution in [2.24, 2.45) is 0 Å². The molecular formula is C17H20Cl2N2O5. The number of benzene rings is 1. The van der Waals surface area contributed by atoms with Gasteiger partial charge in [0, 0.05) is 18.7 Å². The number of ether oxygens (including phenoxy) is 2. The summed E-state index contributed by atoms with van der Waals surface area (Å²) in [6.45, 7) is 3.92. The molecule has 1 aromatic carbocycles. The van der Waals surface area contributed by atoms with Crippen LogP contribution in [0.25, 0.3) is 0 Å². The Bertz CT molecular complexity index is 688. The van der Waals surface area contributed by atoms with E-state index in [0.717, 1.165) is 0 Å². The van der Waals surface area contributed by atoms with Crippen LogP contribution in [-0.2, 0) is 19.1 Å². The molecule has 1 aromatic rings. The predicted octanol–water partition coefficient (Wildman–Crippen LogP) is 1.90. The van der Waals surface area contributed by atoms with Crippen LogP contribution in [-0.4, -0.2) is 61.1 Å². The first kappa shape index (κ1) is 20.5. The molecule has 1 N–H and O–H groups in total. The molecule has 7 nitrogen and oxygen atoms in total. The smallest absolute Gasteiger partial charge is 0.325 e. The molecule has 0 saturated carbocycles.